The van der Waals surface area contributed by atoms with Crippen molar-refractivity contribution in [2.45, 2.75) is 19.9 Å². The lowest BCUT2D eigenvalue weighted by Gasteiger charge is -2.18. The molecule has 88 valence electrons. The van der Waals surface area contributed by atoms with Gasteiger partial charge < -0.3 is 10.6 Å². The minimum atomic E-state index is -0.0430. The highest BCUT2D eigenvalue weighted by Gasteiger charge is 2.10. The molecule has 0 saturated heterocycles. The highest BCUT2D eigenvalue weighted by molar-refractivity contribution is 5.73. The van der Waals surface area contributed by atoms with Crippen LogP contribution < -0.4 is 10.6 Å². The summed E-state index contributed by atoms with van der Waals surface area (Å²) >= 11 is 0. The topological polar surface area (TPSA) is 41.1 Å². The van der Waals surface area contributed by atoms with Gasteiger partial charge >= 0.3 is 0 Å². The molecule has 1 aromatic rings. The van der Waals surface area contributed by atoms with Crippen molar-refractivity contribution in [3.63, 3.8) is 0 Å². The second-order valence-electron chi connectivity index (χ2n) is 4.08. The molecule has 0 aliphatic carbocycles. The SMILES string of the molecule is CC(=O)NCC#Cc1cccc2c1CCNC2. The molecule has 2 N–H and O–H groups in total. The second-order valence-corrected chi connectivity index (χ2v) is 4.08. The number of carbonyl (C=O) groups is 1. The molecule has 0 radical (unpaired) electrons. The quantitative estimate of drug-likeness (QED) is 0.699. The molecule has 0 atom stereocenters. The van der Waals surface area contributed by atoms with Gasteiger partial charge in [-0.1, -0.05) is 24.0 Å². The fraction of sp³-hybridized carbons (Fsp3) is 0.357. The van der Waals surface area contributed by atoms with Crippen LogP contribution >= 0.6 is 0 Å². The zero-order valence-electron chi connectivity index (χ0n) is 9.97. The van der Waals surface area contributed by atoms with E-state index in [1.54, 1.807) is 0 Å². The highest BCUT2D eigenvalue weighted by Crippen LogP contribution is 2.17. The molecule has 0 spiro atoms. The number of carbonyl (C=O) groups excluding carboxylic acids is 1. The monoisotopic (exact) mass is 228 g/mol. The van der Waals surface area contributed by atoms with Crippen molar-refractivity contribution in [3.8, 4) is 11.8 Å². The molecule has 1 amide bonds. The first-order valence-electron chi connectivity index (χ1n) is 5.82. The number of hydrogen-bond donors (Lipinski definition) is 2. The summed E-state index contributed by atoms with van der Waals surface area (Å²) in [5.74, 6) is 6.07. The van der Waals surface area contributed by atoms with Crippen LogP contribution in [0.3, 0.4) is 0 Å². The lowest BCUT2D eigenvalue weighted by Crippen LogP contribution is -2.24. The molecular weight excluding hydrogens is 212 g/mol. The molecule has 17 heavy (non-hydrogen) atoms. The van der Waals surface area contributed by atoms with E-state index in [9.17, 15) is 4.79 Å². The maximum atomic E-state index is 10.7. The molecule has 1 heterocycles. The predicted octanol–water partition coefficient (Wildman–Crippen LogP) is 0.820. The minimum absolute atomic E-state index is 0.0430. The van der Waals surface area contributed by atoms with E-state index in [1.807, 2.05) is 12.1 Å². The van der Waals surface area contributed by atoms with Crippen LogP contribution in [0.1, 0.15) is 23.6 Å². The summed E-state index contributed by atoms with van der Waals surface area (Å²) in [6, 6.07) is 6.22. The van der Waals surface area contributed by atoms with Crippen LogP contribution in [-0.4, -0.2) is 19.0 Å². The maximum Gasteiger partial charge on any atom is 0.217 e. The van der Waals surface area contributed by atoms with E-state index in [4.69, 9.17) is 0 Å². The number of nitrogens with one attached hydrogen (secondary N) is 2. The normalized spacial score (nSPS) is 13.2. The summed E-state index contributed by atoms with van der Waals surface area (Å²) in [5, 5.41) is 6.02. The van der Waals surface area contributed by atoms with Gasteiger partial charge in [0.15, 0.2) is 0 Å². The van der Waals surface area contributed by atoms with Crippen molar-refractivity contribution in [2.75, 3.05) is 13.1 Å². The van der Waals surface area contributed by atoms with Crippen molar-refractivity contribution >= 4 is 5.91 Å². The molecule has 2 rings (SSSR count). The molecule has 0 saturated carbocycles. The molecule has 1 aliphatic heterocycles. The van der Waals surface area contributed by atoms with Crippen molar-refractivity contribution < 1.29 is 4.79 Å². The van der Waals surface area contributed by atoms with E-state index in [1.165, 1.54) is 18.1 Å². The Morgan fingerprint density at radius 1 is 1.53 bits per heavy atom. The average Bonchev–Trinajstić information content (AvgIpc) is 2.34. The van der Waals surface area contributed by atoms with Gasteiger partial charge in [0.2, 0.25) is 5.91 Å². The van der Waals surface area contributed by atoms with Gasteiger partial charge in [0.25, 0.3) is 0 Å². The molecule has 0 fully saturated rings. The summed E-state index contributed by atoms with van der Waals surface area (Å²) in [5.41, 5.74) is 3.78. The molecule has 3 nitrogen and oxygen atoms in total. The Morgan fingerprint density at radius 3 is 3.24 bits per heavy atom. The smallest absolute Gasteiger partial charge is 0.217 e. The standard InChI is InChI=1S/C14H16N2O/c1-11(17)16-8-3-6-12-4-2-5-13-10-15-9-7-14(12)13/h2,4-5,15H,7-10H2,1H3,(H,16,17). The van der Waals surface area contributed by atoms with Crippen LogP contribution in [0.5, 0.6) is 0 Å². The largest absolute Gasteiger partial charge is 0.345 e. The molecule has 0 bridgehead atoms. The van der Waals surface area contributed by atoms with E-state index in [0.29, 0.717) is 6.54 Å². The third-order valence-electron chi connectivity index (χ3n) is 2.79. The Labute approximate surface area is 102 Å². The van der Waals surface area contributed by atoms with Crippen molar-refractivity contribution in [3.05, 3.63) is 34.9 Å². The van der Waals surface area contributed by atoms with E-state index in [-0.39, 0.29) is 5.91 Å². The van der Waals surface area contributed by atoms with E-state index < -0.39 is 0 Å². The number of amides is 1. The average molecular weight is 228 g/mol. The Bertz CT molecular complexity index is 483. The summed E-state index contributed by atoms with van der Waals surface area (Å²) in [6.45, 7) is 3.85. The third kappa shape index (κ3) is 3.08. The molecular formula is C14H16N2O. The molecule has 0 unspecified atom stereocenters. The van der Waals surface area contributed by atoms with Crippen LogP contribution in [0.25, 0.3) is 0 Å². The molecule has 1 aliphatic rings. The summed E-state index contributed by atoms with van der Waals surface area (Å²) in [4.78, 5) is 10.7. The number of benzene rings is 1. The number of rotatable bonds is 1. The lowest BCUT2D eigenvalue weighted by molar-refractivity contribution is -0.118. The third-order valence-corrected chi connectivity index (χ3v) is 2.79. The number of hydrogen-bond acceptors (Lipinski definition) is 2. The zero-order chi connectivity index (χ0) is 12.1. The van der Waals surface area contributed by atoms with E-state index in [0.717, 1.165) is 25.1 Å². The minimum Gasteiger partial charge on any atom is -0.345 e. The zero-order valence-corrected chi connectivity index (χ0v) is 9.97. The van der Waals surface area contributed by atoms with Gasteiger partial charge in [-0.15, -0.1) is 0 Å². The Morgan fingerprint density at radius 2 is 2.41 bits per heavy atom. The fourth-order valence-corrected chi connectivity index (χ4v) is 1.96. The fourth-order valence-electron chi connectivity index (χ4n) is 1.96. The van der Waals surface area contributed by atoms with Crippen LogP contribution in [0.2, 0.25) is 0 Å². The molecule has 0 aromatic heterocycles. The maximum absolute atomic E-state index is 10.7. The van der Waals surface area contributed by atoms with Crippen molar-refractivity contribution in [2.24, 2.45) is 0 Å². The first kappa shape index (κ1) is 11.7. The van der Waals surface area contributed by atoms with Gasteiger partial charge in [0.1, 0.15) is 0 Å². The predicted molar refractivity (Wildman–Crippen MR) is 67.4 cm³/mol. The van der Waals surface area contributed by atoms with E-state index >= 15 is 0 Å². The van der Waals surface area contributed by atoms with Gasteiger partial charge in [0.05, 0.1) is 6.54 Å². The van der Waals surface area contributed by atoms with Crippen molar-refractivity contribution in [1.29, 1.82) is 0 Å². The van der Waals surface area contributed by atoms with Gasteiger partial charge in [-0.25, -0.2) is 0 Å². The van der Waals surface area contributed by atoms with Crippen LogP contribution in [-0.2, 0) is 17.8 Å². The summed E-state index contributed by atoms with van der Waals surface area (Å²) in [6.07, 6.45) is 1.03. The number of fused-ring (bicyclic) bond motifs is 1. The second kappa shape index (κ2) is 5.51. The Balaban J connectivity index is 2.13. The van der Waals surface area contributed by atoms with Crippen LogP contribution in [0, 0.1) is 11.8 Å². The van der Waals surface area contributed by atoms with Crippen LogP contribution in [0.15, 0.2) is 18.2 Å². The first-order chi connectivity index (χ1) is 8.27. The Kier molecular flexibility index (Phi) is 3.79. The molecule has 1 aromatic carbocycles. The molecule has 3 heteroatoms. The van der Waals surface area contributed by atoms with Gasteiger partial charge in [-0.2, -0.15) is 0 Å². The lowest BCUT2D eigenvalue weighted by atomic mass is 9.96. The van der Waals surface area contributed by atoms with E-state index in [2.05, 4.69) is 28.5 Å². The van der Waals surface area contributed by atoms with Gasteiger partial charge in [0, 0.05) is 19.0 Å². The van der Waals surface area contributed by atoms with Crippen molar-refractivity contribution in [1.82, 2.24) is 10.6 Å². The summed E-state index contributed by atoms with van der Waals surface area (Å²) in [7, 11) is 0. The summed E-state index contributed by atoms with van der Waals surface area (Å²) < 4.78 is 0. The van der Waals surface area contributed by atoms with Gasteiger partial charge in [-0.05, 0) is 30.2 Å². The van der Waals surface area contributed by atoms with Gasteiger partial charge in [-0.3, -0.25) is 4.79 Å². The highest BCUT2D eigenvalue weighted by atomic mass is 16.1. The Hall–Kier alpha value is -1.79. The van der Waals surface area contributed by atoms with Crippen LogP contribution in [0.4, 0.5) is 0 Å². The first-order valence-corrected chi connectivity index (χ1v) is 5.82.